The third-order valence-electron chi connectivity index (χ3n) is 4.55. The fourth-order valence-electron chi connectivity index (χ4n) is 3.18. The quantitative estimate of drug-likeness (QED) is 0.560. The number of hydrogen-bond donors (Lipinski definition) is 1. The number of hydrogen-bond acceptors (Lipinski definition) is 4. The van der Waals surface area contributed by atoms with Gasteiger partial charge in [0.15, 0.2) is 0 Å². The van der Waals surface area contributed by atoms with Crippen molar-refractivity contribution in [1.82, 2.24) is 24.6 Å². The highest BCUT2D eigenvalue weighted by atomic mass is 32.1. The molecule has 4 rings (SSSR count). The molecule has 0 saturated heterocycles. The molecule has 0 aliphatic rings. The number of imidazole rings is 1. The topological polar surface area (TPSA) is 64.7 Å². The molecular weight excluding hydrogens is 358 g/mol. The fourth-order valence-corrected chi connectivity index (χ4v) is 4.22. The summed E-state index contributed by atoms with van der Waals surface area (Å²) in [7, 11) is 1.90. The summed E-state index contributed by atoms with van der Waals surface area (Å²) in [6.07, 6.45) is 4.48. The first-order valence-corrected chi connectivity index (χ1v) is 9.69. The first-order valence-electron chi connectivity index (χ1n) is 8.87. The average molecular weight is 379 g/mol. The summed E-state index contributed by atoms with van der Waals surface area (Å²) in [6.45, 7) is 3.30. The van der Waals surface area contributed by atoms with Gasteiger partial charge < -0.3 is 9.88 Å². The van der Waals surface area contributed by atoms with Crippen LogP contribution in [-0.2, 0) is 20.0 Å². The van der Waals surface area contributed by atoms with Crippen LogP contribution in [0.1, 0.15) is 26.8 Å². The Kier molecular flexibility index (Phi) is 4.77. The van der Waals surface area contributed by atoms with Gasteiger partial charge in [0.25, 0.3) is 5.91 Å². The standard InChI is InChI=1S/C20H21N5OS/c1-14-16-12-17(27-20(16)24(2)23-14)19(26)22-9-8-18-21-10-11-25(18)13-15-6-4-3-5-7-15/h3-7,10-12H,8-9,13H2,1-2H3,(H,22,26). The van der Waals surface area contributed by atoms with E-state index in [1.165, 1.54) is 16.9 Å². The molecule has 0 aliphatic carbocycles. The molecular formula is C20H21N5OS. The highest BCUT2D eigenvalue weighted by Crippen LogP contribution is 2.27. The molecule has 0 bridgehead atoms. The van der Waals surface area contributed by atoms with E-state index in [-0.39, 0.29) is 5.91 Å². The number of aryl methyl sites for hydroxylation is 2. The Balaban J connectivity index is 1.37. The summed E-state index contributed by atoms with van der Waals surface area (Å²) in [4.78, 5) is 18.7. The molecule has 1 amide bonds. The first kappa shape index (κ1) is 17.5. The van der Waals surface area contributed by atoms with Gasteiger partial charge in [0.05, 0.1) is 10.6 Å². The summed E-state index contributed by atoms with van der Waals surface area (Å²) in [5.41, 5.74) is 2.18. The smallest absolute Gasteiger partial charge is 0.261 e. The molecule has 0 aliphatic heterocycles. The number of benzene rings is 1. The predicted octanol–water partition coefficient (Wildman–Crippen LogP) is 3.16. The maximum Gasteiger partial charge on any atom is 0.261 e. The molecule has 1 aromatic carbocycles. The van der Waals surface area contributed by atoms with Crippen molar-refractivity contribution < 1.29 is 4.79 Å². The largest absolute Gasteiger partial charge is 0.351 e. The Morgan fingerprint density at radius 1 is 1.26 bits per heavy atom. The first-order chi connectivity index (χ1) is 13.1. The number of thiophene rings is 1. The van der Waals surface area contributed by atoms with E-state index < -0.39 is 0 Å². The fraction of sp³-hybridized carbons (Fsp3) is 0.250. The van der Waals surface area contributed by atoms with Crippen LogP contribution in [0.4, 0.5) is 0 Å². The van der Waals surface area contributed by atoms with E-state index >= 15 is 0 Å². The molecule has 1 N–H and O–H groups in total. The van der Waals surface area contributed by atoms with Gasteiger partial charge in [0.1, 0.15) is 10.7 Å². The van der Waals surface area contributed by atoms with Gasteiger partial charge in [-0.25, -0.2) is 4.98 Å². The number of nitrogens with zero attached hydrogens (tertiary/aromatic N) is 4. The molecule has 3 heterocycles. The third kappa shape index (κ3) is 3.64. The van der Waals surface area contributed by atoms with Gasteiger partial charge >= 0.3 is 0 Å². The van der Waals surface area contributed by atoms with Gasteiger partial charge in [-0.3, -0.25) is 9.48 Å². The van der Waals surface area contributed by atoms with Crippen molar-refractivity contribution in [2.24, 2.45) is 7.05 Å². The lowest BCUT2D eigenvalue weighted by Crippen LogP contribution is -2.25. The second-order valence-corrected chi connectivity index (χ2v) is 7.53. The summed E-state index contributed by atoms with van der Waals surface area (Å²) in [5.74, 6) is 0.923. The highest BCUT2D eigenvalue weighted by molar-refractivity contribution is 7.20. The molecule has 0 spiro atoms. The van der Waals surface area contributed by atoms with Crippen molar-refractivity contribution in [2.45, 2.75) is 19.9 Å². The highest BCUT2D eigenvalue weighted by Gasteiger charge is 2.15. The second kappa shape index (κ2) is 7.36. The minimum absolute atomic E-state index is 0.0447. The van der Waals surface area contributed by atoms with Gasteiger partial charge in [0.2, 0.25) is 0 Å². The summed E-state index contributed by atoms with van der Waals surface area (Å²) >= 11 is 1.47. The molecule has 0 radical (unpaired) electrons. The number of nitrogens with one attached hydrogen (secondary N) is 1. The lowest BCUT2D eigenvalue weighted by atomic mass is 10.2. The maximum absolute atomic E-state index is 12.5. The number of amides is 1. The maximum atomic E-state index is 12.5. The van der Waals surface area contributed by atoms with Gasteiger partial charge in [-0.1, -0.05) is 30.3 Å². The normalized spacial score (nSPS) is 11.2. The van der Waals surface area contributed by atoms with Crippen LogP contribution in [0, 0.1) is 6.92 Å². The Morgan fingerprint density at radius 2 is 2.07 bits per heavy atom. The van der Waals surface area contributed by atoms with Gasteiger partial charge in [0, 0.05) is 44.3 Å². The Bertz CT molecular complexity index is 1040. The molecule has 4 aromatic rings. The molecule has 6 nitrogen and oxygen atoms in total. The Labute approximate surface area is 161 Å². The van der Waals surface area contributed by atoms with Crippen molar-refractivity contribution in [2.75, 3.05) is 6.54 Å². The number of carbonyl (C=O) groups excluding carboxylic acids is 1. The average Bonchev–Trinajstić information content (AvgIpc) is 3.35. The second-order valence-electron chi connectivity index (χ2n) is 6.50. The number of rotatable bonds is 6. The van der Waals surface area contributed by atoms with Crippen LogP contribution in [0.15, 0.2) is 48.8 Å². The van der Waals surface area contributed by atoms with E-state index in [4.69, 9.17) is 0 Å². The van der Waals surface area contributed by atoms with Crippen molar-refractivity contribution in [1.29, 1.82) is 0 Å². The van der Waals surface area contributed by atoms with Gasteiger partial charge in [-0.15, -0.1) is 11.3 Å². The lowest BCUT2D eigenvalue weighted by molar-refractivity contribution is 0.0958. The zero-order valence-electron chi connectivity index (χ0n) is 15.3. The van der Waals surface area contributed by atoms with Gasteiger partial charge in [-0.05, 0) is 18.6 Å². The van der Waals surface area contributed by atoms with E-state index in [1.54, 1.807) is 0 Å². The summed E-state index contributed by atoms with van der Waals surface area (Å²) < 4.78 is 3.95. The zero-order chi connectivity index (χ0) is 18.8. The van der Waals surface area contributed by atoms with Crippen LogP contribution in [0.5, 0.6) is 0 Å². The number of aromatic nitrogens is 4. The minimum atomic E-state index is -0.0447. The molecule has 0 fully saturated rings. The number of fused-ring (bicyclic) bond motifs is 1. The van der Waals surface area contributed by atoms with E-state index in [0.29, 0.717) is 17.8 Å². The molecule has 138 valence electrons. The van der Waals surface area contributed by atoms with Crippen LogP contribution in [0.25, 0.3) is 10.2 Å². The molecule has 0 atom stereocenters. The minimum Gasteiger partial charge on any atom is -0.351 e. The summed E-state index contributed by atoms with van der Waals surface area (Å²) in [6, 6.07) is 12.2. The Morgan fingerprint density at radius 3 is 2.85 bits per heavy atom. The zero-order valence-corrected chi connectivity index (χ0v) is 16.2. The van der Waals surface area contributed by atoms with E-state index in [0.717, 1.165) is 28.3 Å². The summed E-state index contributed by atoms with van der Waals surface area (Å²) in [5, 5.41) is 8.43. The van der Waals surface area contributed by atoms with Crippen molar-refractivity contribution in [3.8, 4) is 0 Å². The van der Waals surface area contributed by atoms with Crippen LogP contribution >= 0.6 is 11.3 Å². The van der Waals surface area contributed by atoms with Crippen LogP contribution in [0.3, 0.4) is 0 Å². The van der Waals surface area contributed by atoms with Crippen molar-refractivity contribution in [3.63, 3.8) is 0 Å². The van der Waals surface area contributed by atoms with Crippen LogP contribution < -0.4 is 5.32 Å². The molecule has 27 heavy (non-hydrogen) atoms. The third-order valence-corrected chi connectivity index (χ3v) is 5.75. The molecule has 7 heteroatoms. The number of carbonyl (C=O) groups is 1. The molecule has 0 saturated carbocycles. The van der Waals surface area contributed by atoms with Crippen molar-refractivity contribution >= 4 is 27.5 Å². The molecule has 3 aromatic heterocycles. The molecule has 0 unspecified atom stereocenters. The van der Waals surface area contributed by atoms with E-state index in [9.17, 15) is 4.79 Å². The lowest BCUT2D eigenvalue weighted by Gasteiger charge is -2.08. The SMILES string of the molecule is Cc1nn(C)c2sc(C(=O)NCCc3nccn3Cc3ccccc3)cc12. The van der Waals surface area contributed by atoms with E-state index in [1.807, 2.05) is 55.3 Å². The van der Waals surface area contributed by atoms with Crippen LogP contribution in [0.2, 0.25) is 0 Å². The van der Waals surface area contributed by atoms with Crippen molar-refractivity contribution in [3.05, 3.63) is 70.8 Å². The van der Waals surface area contributed by atoms with Crippen LogP contribution in [-0.4, -0.2) is 31.8 Å². The monoisotopic (exact) mass is 379 g/mol. The van der Waals surface area contributed by atoms with Gasteiger partial charge in [-0.2, -0.15) is 5.10 Å². The van der Waals surface area contributed by atoms with E-state index in [2.05, 4.69) is 32.1 Å². The Hall–Kier alpha value is -2.93. The predicted molar refractivity (Wildman–Crippen MR) is 107 cm³/mol.